The Bertz CT molecular complexity index is 888. The number of ether oxygens (including phenoxy) is 2. The van der Waals surface area contributed by atoms with E-state index in [2.05, 4.69) is 21.6 Å². The van der Waals surface area contributed by atoms with Gasteiger partial charge in [0.15, 0.2) is 23.9 Å². The highest BCUT2D eigenvalue weighted by Gasteiger charge is 2.68. The number of para-hydroxylation sites is 1. The van der Waals surface area contributed by atoms with Crippen LogP contribution in [-0.4, -0.2) is 45.8 Å². The topological polar surface area (TPSA) is 44.7 Å². The van der Waals surface area contributed by atoms with Crippen LogP contribution in [0.5, 0.6) is 11.5 Å². The highest BCUT2D eigenvalue weighted by Crippen LogP contribution is 2.36. The van der Waals surface area contributed by atoms with Crippen LogP contribution >= 0.6 is 0 Å². The Morgan fingerprint density at radius 2 is 1.61 bits per heavy atom. The Hall–Kier alpha value is -2.66. The number of hydrogen-bond acceptors (Lipinski definition) is 3. The molecule has 5 rings (SSSR count). The third-order valence-electron chi connectivity index (χ3n) is 4.56. The first-order valence-electron chi connectivity index (χ1n) is 7.73. The first kappa shape index (κ1) is 12.8. The Labute approximate surface area is 133 Å². The van der Waals surface area contributed by atoms with E-state index < -0.39 is 6.03 Å². The fraction of sp³-hybridized carbons (Fsp3) is 0.222. The van der Waals surface area contributed by atoms with Crippen molar-refractivity contribution in [3.05, 3.63) is 59.2 Å². The monoisotopic (exact) mass is 308 g/mol. The molecule has 0 bridgehead atoms. The van der Waals surface area contributed by atoms with Crippen molar-refractivity contribution in [2.75, 3.05) is 13.1 Å². The lowest BCUT2D eigenvalue weighted by Gasteiger charge is -2.26. The molecular weight excluding hydrogens is 292 g/mol. The number of aliphatic hydroxyl groups is 1. The first-order chi connectivity index (χ1) is 11.3. The van der Waals surface area contributed by atoms with Gasteiger partial charge in [-0.2, -0.15) is 0 Å². The van der Waals surface area contributed by atoms with Gasteiger partial charge >= 0.3 is 6.03 Å². The molecular formula is C18H16N2O3+2. The van der Waals surface area contributed by atoms with Crippen LogP contribution in [0.15, 0.2) is 42.5 Å². The molecule has 1 unspecified atom stereocenters. The van der Waals surface area contributed by atoms with Crippen molar-refractivity contribution >= 4 is 12.4 Å². The number of aliphatic hydroxyl groups excluding tert-OH is 1. The van der Waals surface area contributed by atoms with E-state index in [1.807, 2.05) is 42.5 Å². The van der Waals surface area contributed by atoms with Crippen molar-refractivity contribution in [2.24, 2.45) is 0 Å². The maximum atomic E-state index is 9.32. The van der Waals surface area contributed by atoms with Crippen LogP contribution in [-0.2, 0) is 6.61 Å². The maximum absolute atomic E-state index is 9.32. The van der Waals surface area contributed by atoms with Crippen LogP contribution < -0.4 is 9.47 Å². The third-order valence-corrected chi connectivity index (χ3v) is 4.56. The summed E-state index contributed by atoms with van der Waals surface area (Å²) in [6.45, 7) is 1.66. The lowest BCUT2D eigenvalue weighted by Crippen LogP contribution is -2.59. The molecule has 1 spiro atoms. The summed E-state index contributed by atoms with van der Waals surface area (Å²) in [5.41, 5.74) is 2.90. The minimum Gasteiger partial charge on any atom is -0.392 e. The number of hydrogen-bond donors (Lipinski definition) is 1. The maximum Gasteiger partial charge on any atom is 0.704 e. The Kier molecular flexibility index (Phi) is 2.47. The van der Waals surface area contributed by atoms with Crippen molar-refractivity contribution in [3.63, 3.8) is 0 Å². The fourth-order valence-corrected chi connectivity index (χ4v) is 3.40. The predicted molar refractivity (Wildman–Crippen MR) is 83.4 cm³/mol. The summed E-state index contributed by atoms with van der Waals surface area (Å²) >= 11 is 0. The lowest BCUT2D eigenvalue weighted by atomic mass is 10.1. The molecule has 1 N–H and O–H groups in total. The van der Waals surface area contributed by atoms with Gasteiger partial charge in [0, 0.05) is 0 Å². The number of benzene rings is 2. The molecule has 1 saturated heterocycles. The van der Waals surface area contributed by atoms with Crippen molar-refractivity contribution in [3.8, 4) is 11.5 Å². The summed E-state index contributed by atoms with van der Waals surface area (Å²) in [6, 6.07) is 12.7. The molecule has 0 amide bonds. The molecule has 2 aromatic carbocycles. The van der Waals surface area contributed by atoms with E-state index in [9.17, 15) is 5.11 Å². The van der Waals surface area contributed by atoms with Gasteiger partial charge in [0.25, 0.3) is 0 Å². The molecule has 23 heavy (non-hydrogen) atoms. The SMILES string of the molecule is OCc1ccc2c(c1)C=[N+]1CC[N+]3=Cc4ccccc4OC31O2. The quantitative estimate of drug-likeness (QED) is 0.804. The molecule has 1 fully saturated rings. The van der Waals surface area contributed by atoms with E-state index in [1.54, 1.807) is 0 Å². The molecule has 0 aliphatic carbocycles. The van der Waals surface area contributed by atoms with Gasteiger partial charge in [0.2, 0.25) is 13.1 Å². The van der Waals surface area contributed by atoms with Gasteiger partial charge in [-0.3, -0.25) is 0 Å². The van der Waals surface area contributed by atoms with Crippen LogP contribution in [0.4, 0.5) is 0 Å². The summed E-state index contributed by atoms with van der Waals surface area (Å²) in [4.78, 5) is 0. The molecule has 3 aliphatic heterocycles. The molecule has 114 valence electrons. The van der Waals surface area contributed by atoms with Gasteiger partial charge in [-0.05, 0) is 29.8 Å². The van der Waals surface area contributed by atoms with E-state index in [0.29, 0.717) is 0 Å². The minimum absolute atomic E-state index is 0.0239. The second kappa shape index (κ2) is 4.43. The lowest BCUT2D eigenvalue weighted by molar-refractivity contribution is -0.855. The van der Waals surface area contributed by atoms with E-state index >= 15 is 0 Å². The van der Waals surface area contributed by atoms with Gasteiger partial charge in [-0.25, -0.2) is 0 Å². The molecule has 3 heterocycles. The standard InChI is InChI=1S/C18H16N2O3/c21-12-13-5-6-17-15(9-13)11-20-8-7-19-10-14-3-1-2-4-16(14)22-18(19,20)23-17/h1-6,9-11,21H,7-8,12H2/q+2. The highest BCUT2D eigenvalue weighted by molar-refractivity contribution is 5.82. The molecule has 3 aliphatic rings. The second-order valence-electron chi connectivity index (χ2n) is 5.97. The number of nitrogens with zero attached hydrogens (tertiary/aromatic N) is 2. The molecule has 5 nitrogen and oxygen atoms in total. The Morgan fingerprint density at radius 1 is 0.913 bits per heavy atom. The van der Waals surface area contributed by atoms with Gasteiger partial charge in [-0.15, -0.1) is 0 Å². The van der Waals surface area contributed by atoms with E-state index in [0.717, 1.165) is 41.3 Å². The van der Waals surface area contributed by atoms with Gasteiger partial charge in [0.1, 0.15) is 0 Å². The zero-order valence-electron chi connectivity index (χ0n) is 12.5. The highest BCUT2D eigenvalue weighted by atomic mass is 16.7. The molecule has 0 radical (unpaired) electrons. The van der Waals surface area contributed by atoms with Crippen molar-refractivity contribution in [2.45, 2.75) is 12.6 Å². The number of fused-ring (bicyclic) bond motifs is 2. The predicted octanol–water partition coefficient (Wildman–Crippen LogP) is 1.15. The van der Waals surface area contributed by atoms with Gasteiger partial charge < -0.3 is 14.6 Å². The average Bonchev–Trinajstić information content (AvgIpc) is 2.94. The third kappa shape index (κ3) is 1.71. The van der Waals surface area contributed by atoms with Crippen LogP contribution in [0.2, 0.25) is 0 Å². The van der Waals surface area contributed by atoms with Crippen LogP contribution in [0.25, 0.3) is 0 Å². The minimum atomic E-state index is -0.942. The van der Waals surface area contributed by atoms with Crippen LogP contribution in [0, 0.1) is 0 Å². The van der Waals surface area contributed by atoms with E-state index in [4.69, 9.17) is 9.47 Å². The van der Waals surface area contributed by atoms with Crippen LogP contribution in [0.1, 0.15) is 16.7 Å². The van der Waals surface area contributed by atoms with Gasteiger partial charge in [0.05, 0.1) is 17.7 Å². The van der Waals surface area contributed by atoms with E-state index in [1.165, 1.54) is 0 Å². The van der Waals surface area contributed by atoms with Crippen molar-refractivity contribution < 1.29 is 23.7 Å². The molecule has 0 aromatic heterocycles. The van der Waals surface area contributed by atoms with E-state index in [-0.39, 0.29) is 6.61 Å². The first-order valence-corrected chi connectivity index (χ1v) is 7.73. The largest absolute Gasteiger partial charge is 0.704 e. The summed E-state index contributed by atoms with van der Waals surface area (Å²) in [7, 11) is 0. The molecule has 5 heteroatoms. The van der Waals surface area contributed by atoms with Crippen LogP contribution in [0.3, 0.4) is 0 Å². The zero-order chi connectivity index (χ0) is 15.4. The summed E-state index contributed by atoms with van der Waals surface area (Å²) in [5.74, 6) is 1.58. The molecule has 1 atom stereocenters. The van der Waals surface area contributed by atoms with Gasteiger partial charge in [-0.1, -0.05) is 27.4 Å². The summed E-state index contributed by atoms with van der Waals surface area (Å²) in [6.07, 6.45) is 4.15. The fourth-order valence-electron chi connectivity index (χ4n) is 3.40. The Morgan fingerprint density at radius 3 is 2.39 bits per heavy atom. The summed E-state index contributed by atoms with van der Waals surface area (Å²) < 4.78 is 16.7. The normalized spacial score (nSPS) is 23.3. The molecule has 0 saturated carbocycles. The Balaban J connectivity index is 1.66. The molecule has 2 aromatic rings. The summed E-state index contributed by atoms with van der Waals surface area (Å²) in [5, 5.41) is 9.32. The van der Waals surface area contributed by atoms with Crippen molar-refractivity contribution in [1.82, 2.24) is 0 Å². The average molecular weight is 308 g/mol. The smallest absolute Gasteiger partial charge is 0.392 e. The second-order valence-corrected chi connectivity index (χ2v) is 5.97. The van der Waals surface area contributed by atoms with Crippen molar-refractivity contribution in [1.29, 1.82) is 0 Å². The number of rotatable bonds is 1. The zero-order valence-corrected chi connectivity index (χ0v) is 12.5.